The second-order valence-corrected chi connectivity index (χ2v) is 8.45. The Balaban J connectivity index is 1.91. The monoisotopic (exact) mass is 404 g/mol. The van der Waals surface area contributed by atoms with E-state index in [9.17, 15) is 5.11 Å². The maximum Gasteiger partial charge on any atom is 0.191 e. The lowest BCUT2D eigenvalue weighted by atomic mass is 9.97. The van der Waals surface area contributed by atoms with Crippen molar-refractivity contribution in [3.05, 3.63) is 29.8 Å². The minimum atomic E-state index is -0.660. The number of aliphatic hydroxyl groups excluding tert-OH is 1. The van der Waals surface area contributed by atoms with Crippen LogP contribution in [0.15, 0.2) is 29.3 Å². The Morgan fingerprint density at radius 3 is 2.76 bits per heavy atom. The highest BCUT2D eigenvalue weighted by Crippen LogP contribution is 2.21. The number of aliphatic hydroxyl groups is 1. The van der Waals surface area contributed by atoms with E-state index in [2.05, 4.69) is 41.3 Å². The van der Waals surface area contributed by atoms with Gasteiger partial charge in [0.05, 0.1) is 18.8 Å². The van der Waals surface area contributed by atoms with Crippen molar-refractivity contribution >= 4 is 5.96 Å². The van der Waals surface area contributed by atoms with Crippen LogP contribution in [-0.2, 0) is 0 Å². The summed E-state index contributed by atoms with van der Waals surface area (Å²) in [4.78, 5) is 7.16. The van der Waals surface area contributed by atoms with Crippen molar-refractivity contribution in [3.63, 3.8) is 0 Å². The van der Waals surface area contributed by atoms with Crippen molar-refractivity contribution in [2.75, 3.05) is 32.7 Å². The van der Waals surface area contributed by atoms with E-state index in [1.54, 1.807) is 0 Å². The molecule has 2 rings (SSSR count). The Bertz CT molecular complexity index is 633. The summed E-state index contributed by atoms with van der Waals surface area (Å²) in [6.45, 7) is 14.9. The van der Waals surface area contributed by atoms with Gasteiger partial charge in [0.15, 0.2) is 5.96 Å². The molecule has 6 heteroatoms. The molecule has 1 aromatic carbocycles. The zero-order valence-electron chi connectivity index (χ0n) is 18.8. The molecule has 1 aromatic rings. The summed E-state index contributed by atoms with van der Waals surface area (Å²) < 4.78 is 5.72. The first-order valence-electron chi connectivity index (χ1n) is 11.1. The number of benzene rings is 1. The number of aliphatic imine (C=N–C) groups is 1. The molecular weight excluding hydrogens is 364 g/mol. The zero-order chi connectivity index (χ0) is 21.2. The van der Waals surface area contributed by atoms with Crippen LogP contribution in [0.5, 0.6) is 5.75 Å². The Kier molecular flexibility index (Phi) is 9.74. The molecule has 0 bridgehead atoms. The molecule has 1 fully saturated rings. The van der Waals surface area contributed by atoms with Gasteiger partial charge in [-0.3, -0.25) is 4.99 Å². The maximum absolute atomic E-state index is 10.6. The van der Waals surface area contributed by atoms with E-state index in [1.165, 1.54) is 19.4 Å². The van der Waals surface area contributed by atoms with Crippen LogP contribution in [0.4, 0.5) is 0 Å². The lowest BCUT2D eigenvalue weighted by molar-refractivity contribution is 0.141. The van der Waals surface area contributed by atoms with Gasteiger partial charge in [-0.1, -0.05) is 12.1 Å². The molecule has 29 heavy (non-hydrogen) atoms. The zero-order valence-corrected chi connectivity index (χ0v) is 18.8. The average molecular weight is 405 g/mol. The summed E-state index contributed by atoms with van der Waals surface area (Å²) in [5.41, 5.74) is 0.822. The van der Waals surface area contributed by atoms with Gasteiger partial charge in [0, 0.05) is 25.7 Å². The predicted octanol–water partition coefficient (Wildman–Crippen LogP) is 3.18. The second-order valence-electron chi connectivity index (χ2n) is 8.45. The third-order valence-corrected chi connectivity index (χ3v) is 5.22. The number of guanidine groups is 1. The van der Waals surface area contributed by atoms with Crippen molar-refractivity contribution < 1.29 is 9.84 Å². The first-order chi connectivity index (χ1) is 13.9. The standard InChI is InChI=1S/C23H40N4O2/c1-6-24-23(25-14-19-9-8-12-27(16-19)17(2)3)26-15-22(28)20-10-7-11-21(13-20)29-18(4)5/h7,10-11,13,17-19,22,28H,6,8-9,12,14-16H2,1-5H3,(H2,24,25,26). The first-order valence-corrected chi connectivity index (χ1v) is 11.1. The predicted molar refractivity (Wildman–Crippen MR) is 121 cm³/mol. The van der Waals surface area contributed by atoms with E-state index in [0.717, 1.165) is 36.9 Å². The first kappa shape index (κ1) is 23.5. The van der Waals surface area contributed by atoms with Gasteiger partial charge in [-0.05, 0) is 77.6 Å². The van der Waals surface area contributed by atoms with Crippen molar-refractivity contribution in [1.82, 2.24) is 15.5 Å². The molecule has 0 aliphatic carbocycles. The van der Waals surface area contributed by atoms with Crippen LogP contribution in [-0.4, -0.2) is 60.8 Å². The van der Waals surface area contributed by atoms with Gasteiger partial charge in [0.1, 0.15) is 5.75 Å². The van der Waals surface area contributed by atoms with Crippen molar-refractivity contribution in [1.29, 1.82) is 0 Å². The van der Waals surface area contributed by atoms with Crippen LogP contribution in [0, 0.1) is 5.92 Å². The number of nitrogens with zero attached hydrogens (tertiary/aromatic N) is 2. The molecule has 2 atom stereocenters. The fraction of sp³-hybridized carbons (Fsp3) is 0.696. The van der Waals surface area contributed by atoms with Gasteiger partial charge in [0.25, 0.3) is 0 Å². The van der Waals surface area contributed by atoms with Crippen molar-refractivity contribution in [3.8, 4) is 5.75 Å². The topological polar surface area (TPSA) is 69.1 Å². The lowest BCUT2D eigenvalue weighted by Gasteiger charge is -2.35. The molecule has 1 saturated heterocycles. The van der Waals surface area contributed by atoms with Gasteiger partial charge in [-0.25, -0.2) is 0 Å². The Labute approximate surface area is 176 Å². The summed E-state index contributed by atoms with van der Waals surface area (Å²) in [6, 6.07) is 8.23. The number of likely N-dealkylation sites (tertiary alicyclic amines) is 1. The normalized spacial score (nSPS) is 19.4. The molecule has 6 nitrogen and oxygen atoms in total. The van der Waals surface area contributed by atoms with E-state index in [0.29, 0.717) is 18.5 Å². The molecule has 0 amide bonds. The van der Waals surface area contributed by atoms with E-state index < -0.39 is 6.10 Å². The lowest BCUT2D eigenvalue weighted by Crippen LogP contribution is -2.46. The molecule has 0 aromatic heterocycles. The molecular formula is C23H40N4O2. The summed E-state index contributed by atoms with van der Waals surface area (Å²) in [6.07, 6.45) is 1.95. The Hall–Kier alpha value is -1.79. The van der Waals surface area contributed by atoms with Gasteiger partial charge in [-0.2, -0.15) is 0 Å². The number of hydrogen-bond acceptors (Lipinski definition) is 4. The maximum atomic E-state index is 10.6. The van der Waals surface area contributed by atoms with Crippen LogP contribution in [0.3, 0.4) is 0 Å². The van der Waals surface area contributed by atoms with Crippen LogP contribution in [0.1, 0.15) is 59.1 Å². The largest absolute Gasteiger partial charge is 0.491 e. The molecule has 164 valence electrons. The minimum Gasteiger partial charge on any atom is -0.491 e. The van der Waals surface area contributed by atoms with Gasteiger partial charge in [-0.15, -0.1) is 0 Å². The van der Waals surface area contributed by atoms with Gasteiger partial charge in [0.2, 0.25) is 0 Å². The van der Waals surface area contributed by atoms with Crippen molar-refractivity contribution in [2.24, 2.45) is 10.9 Å². The number of nitrogens with one attached hydrogen (secondary N) is 2. The highest BCUT2D eigenvalue weighted by Gasteiger charge is 2.21. The van der Waals surface area contributed by atoms with Crippen LogP contribution < -0.4 is 15.4 Å². The summed E-state index contributed by atoms with van der Waals surface area (Å²) >= 11 is 0. The van der Waals surface area contributed by atoms with Crippen molar-refractivity contribution in [2.45, 2.75) is 65.7 Å². The third kappa shape index (κ3) is 8.23. The van der Waals surface area contributed by atoms with Crippen LogP contribution in [0.2, 0.25) is 0 Å². The quantitative estimate of drug-likeness (QED) is 0.436. The van der Waals surface area contributed by atoms with Crippen LogP contribution in [0.25, 0.3) is 0 Å². The molecule has 0 saturated carbocycles. The van der Waals surface area contributed by atoms with E-state index in [4.69, 9.17) is 4.74 Å². The number of ether oxygens (including phenoxy) is 1. The van der Waals surface area contributed by atoms with E-state index in [1.807, 2.05) is 38.1 Å². The van der Waals surface area contributed by atoms with E-state index >= 15 is 0 Å². The molecule has 3 N–H and O–H groups in total. The van der Waals surface area contributed by atoms with E-state index in [-0.39, 0.29) is 6.10 Å². The fourth-order valence-corrected chi connectivity index (χ4v) is 3.67. The van der Waals surface area contributed by atoms with Crippen LogP contribution >= 0.6 is 0 Å². The smallest absolute Gasteiger partial charge is 0.191 e. The third-order valence-electron chi connectivity index (χ3n) is 5.22. The molecule has 1 aliphatic heterocycles. The molecule has 0 spiro atoms. The minimum absolute atomic E-state index is 0.108. The summed E-state index contributed by atoms with van der Waals surface area (Å²) in [5.74, 6) is 2.17. The molecule has 1 heterocycles. The Morgan fingerprint density at radius 2 is 2.07 bits per heavy atom. The van der Waals surface area contributed by atoms with Gasteiger partial charge < -0.3 is 25.4 Å². The Morgan fingerprint density at radius 1 is 1.28 bits per heavy atom. The number of hydrogen-bond donors (Lipinski definition) is 3. The SMILES string of the molecule is CCNC(=NCC(O)c1cccc(OC(C)C)c1)NCC1CCCN(C(C)C)C1. The summed E-state index contributed by atoms with van der Waals surface area (Å²) in [7, 11) is 0. The average Bonchev–Trinajstić information content (AvgIpc) is 2.69. The number of piperidine rings is 1. The highest BCUT2D eigenvalue weighted by atomic mass is 16.5. The molecule has 0 radical (unpaired) electrons. The second kappa shape index (κ2) is 12.0. The molecule has 1 aliphatic rings. The fourth-order valence-electron chi connectivity index (χ4n) is 3.67. The van der Waals surface area contributed by atoms with Gasteiger partial charge >= 0.3 is 0 Å². The summed E-state index contributed by atoms with van der Waals surface area (Å²) in [5, 5.41) is 17.3. The number of rotatable bonds is 9. The highest BCUT2D eigenvalue weighted by molar-refractivity contribution is 5.79. The molecule has 2 unspecified atom stereocenters.